The molecule has 28 heavy (non-hydrogen) atoms. The molecule has 1 aromatic heterocycles. The first-order valence-electron chi connectivity index (χ1n) is 9.37. The van der Waals surface area contributed by atoms with Crippen LogP contribution in [-0.2, 0) is 0 Å². The van der Waals surface area contributed by atoms with Crippen LogP contribution in [0.5, 0.6) is 0 Å². The van der Waals surface area contributed by atoms with E-state index in [1.54, 1.807) is 31.4 Å². The molecule has 0 aliphatic carbocycles. The van der Waals surface area contributed by atoms with E-state index in [0.717, 1.165) is 17.7 Å². The third-order valence-corrected chi connectivity index (χ3v) is 5.22. The van der Waals surface area contributed by atoms with E-state index in [1.807, 2.05) is 24.3 Å². The standard InChI is InChI=1S/C23H24ClN3O/c1-4-15(2)16-7-10-18(11-8-16)27-23(28)19-12-9-17(14-21(19)25-3)22-20(24)6-5-13-26-22/h5-15,25H,4H2,1-3H3,(H,27,28). The zero-order valence-electron chi connectivity index (χ0n) is 16.3. The zero-order chi connectivity index (χ0) is 20.1. The van der Waals surface area contributed by atoms with Crippen LogP contribution in [-0.4, -0.2) is 17.9 Å². The van der Waals surface area contributed by atoms with E-state index < -0.39 is 0 Å². The van der Waals surface area contributed by atoms with Gasteiger partial charge >= 0.3 is 0 Å². The molecule has 1 amide bonds. The number of benzene rings is 2. The van der Waals surface area contributed by atoms with Gasteiger partial charge in [-0.15, -0.1) is 0 Å². The molecule has 1 atom stereocenters. The van der Waals surface area contributed by atoms with Crippen molar-refractivity contribution in [3.05, 3.63) is 76.9 Å². The Morgan fingerprint density at radius 2 is 1.89 bits per heavy atom. The highest BCUT2D eigenvalue weighted by Crippen LogP contribution is 2.29. The van der Waals surface area contributed by atoms with Crippen molar-refractivity contribution < 1.29 is 4.79 Å². The number of nitrogens with one attached hydrogen (secondary N) is 2. The second kappa shape index (κ2) is 8.89. The highest BCUT2D eigenvalue weighted by Gasteiger charge is 2.14. The first-order chi connectivity index (χ1) is 13.5. The smallest absolute Gasteiger partial charge is 0.257 e. The predicted molar refractivity (Wildman–Crippen MR) is 117 cm³/mol. The summed E-state index contributed by atoms with van der Waals surface area (Å²) in [5.74, 6) is 0.339. The Balaban J connectivity index is 1.83. The summed E-state index contributed by atoms with van der Waals surface area (Å²) in [6, 6.07) is 17.1. The van der Waals surface area contributed by atoms with Crippen molar-refractivity contribution in [2.45, 2.75) is 26.2 Å². The lowest BCUT2D eigenvalue weighted by molar-refractivity contribution is 0.102. The second-order valence-electron chi connectivity index (χ2n) is 6.73. The van der Waals surface area contributed by atoms with Gasteiger partial charge in [0.25, 0.3) is 5.91 Å². The third kappa shape index (κ3) is 4.34. The van der Waals surface area contributed by atoms with Gasteiger partial charge in [-0.25, -0.2) is 0 Å². The Kier molecular flexibility index (Phi) is 6.32. The average molecular weight is 394 g/mol. The second-order valence-corrected chi connectivity index (χ2v) is 7.14. The molecule has 2 aromatic carbocycles. The van der Waals surface area contributed by atoms with Crippen LogP contribution in [0.2, 0.25) is 5.02 Å². The summed E-state index contributed by atoms with van der Waals surface area (Å²) in [6.07, 6.45) is 2.79. The Hall–Kier alpha value is -2.85. The van der Waals surface area contributed by atoms with Crippen LogP contribution in [0.1, 0.15) is 42.1 Å². The molecule has 3 aromatic rings. The summed E-state index contributed by atoms with van der Waals surface area (Å²) < 4.78 is 0. The molecule has 0 bridgehead atoms. The number of halogens is 1. The Labute approximate surface area is 171 Å². The number of nitrogens with zero attached hydrogens (tertiary/aromatic N) is 1. The van der Waals surface area contributed by atoms with Crippen LogP contribution in [0.4, 0.5) is 11.4 Å². The number of carbonyl (C=O) groups excluding carboxylic acids is 1. The van der Waals surface area contributed by atoms with Crippen LogP contribution in [0.15, 0.2) is 60.8 Å². The summed E-state index contributed by atoms with van der Waals surface area (Å²) in [4.78, 5) is 17.1. The van der Waals surface area contributed by atoms with Gasteiger partial charge in [0, 0.05) is 30.2 Å². The molecule has 1 unspecified atom stereocenters. The molecule has 0 spiro atoms. The Morgan fingerprint density at radius 1 is 1.14 bits per heavy atom. The molecule has 0 aliphatic heterocycles. The van der Waals surface area contributed by atoms with Gasteiger partial charge in [-0.1, -0.05) is 43.6 Å². The van der Waals surface area contributed by atoms with Crippen LogP contribution in [0.3, 0.4) is 0 Å². The molecule has 0 fully saturated rings. The number of hydrogen-bond donors (Lipinski definition) is 2. The van der Waals surface area contributed by atoms with Crippen LogP contribution < -0.4 is 10.6 Å². The Morgan fingerprint density at radius 3 is 2.54 bits per heavy atom. The lowest BCUT2D eigenvalue weighted by Gasteiger charge is -2.13. The predicted octanol–water partition coefficient (Wildman–Crippen LogP) is 6.21. The molecule has 144 valence electrons. The molecular formula is C23H24ClN3O. The minimum Gasteiger partial charge on any atom is -0.387 e. The normalized spacial score (nSPS) is 11.7. The molecule has 3 rings (SSSR count). The van der Waals surface area contributed by atoms with E-state index in [0.29, 0.717) is 27.9 Å². The maximum absolute atomic E-state index is 12.8. The van der Waals surface area contributed by atoms with Gasteiger partial charge in [0.05, 0.1) is 16.3 Å². The van der Waals surface area contributed by atoms with Crippen molar-refractivity contribution >= 4 is 28.9 Å². The highest BCUT2D eigenvalue weighted by molar-refractivity contribution is 6.33. The van der Waals surface area contributed by atoms with E-state index in [1.165, 1.54) is 5.56 Å². The molecule has 0 saturated carbocycles. The number of aromatic nitrogens is 1. The molecule has 1 heterocycles. The Bertz CT molecular complexity index is 970. The van der Waals surface area contributed by atoms with Crippen molar-refractivity contribution in [1.82, 2.24) is 4.98 Å². The van der Waals surface area contributed by atoms with E-state index in [4.69, 9.17) is 11.6 Å². The fraction of sp³-hybridized carbons (Fsp3) is 0.217. The van der Waals surface area contributed by atoms with Crippen LogP contribution in [0, 0.1) is 0 Å². The lowest BCUT2D eigenvalue weighted by Crippen LogP contribution is -2.14. The monoisotopic (exact) mass is 393 g/mol. The topological polar surface area (TPSA) is 54.0 Å². The van der Waals surface area contributed by atoms with Gasteiger partial charge in [0.15, 0.2) is 0 Å². The molecule has 0 radical (unpaired) electrons. The largest absolute Gasteiger partial charge is 0.387 e. The molecule has 2 N–H and O–H groups in total. The molecule has 0 aliphatic rings. The quantitative estimate of drug-likeness (QED) is 0.523. The number of anilines is 2. The first-order valence-corrected chi connectivity index (χ1v) is 9.75. The van der Waals surface area contributed by atoms with Crippen molar-refractivity contribution in [3.63, 3.8) is 0 Å². The van der Waals surface area contributed by atoms with Crippen molar-refractivity contribution in [2.75, 3.05) is 17.7 Å². The molecule has 5 heteroatoms. The van der Waals surface area contributed by atoms with Crippen LogP contribution in [0.25, 0.3) is 11.3 Å². The zero-order valence-corrected chi connectivity index (χ0v) is 17.0. The summed E-state index contributed by atoms with van der Waals surface area (Å²) in [5, 5.41) is 6.63. The molecule has 0 saturated heterocycles. The molecular weight excluding hydrogens is 370 g/mol. The maximum atomic E-state index is 12.8. The lowest BCUT2D eigenvalue weighted by atomic mass is 9.98. The van der Waals surface area contributed by atoms with E-state index in [-0.39, 0.29) is 5.91 Å². The van der Waals surface area contributed by atoms with Gasteiger partial charge in [-0.2, -0.15) is 0 Å². The summed E-state index contributed by atoms with van der Waals surface area (Å²) in [6.45, 7) is 4.36. The van der Waals surface area contributed by atoms with Crippen molar-refractivity contribution in [2.24, 2.45) is 0 Å². The number of carbonyl (C=O) groups is 1. The first kappa shape index (κ1) is 19.9. The molecule has 4 nitrogen and oxygen atoms in total. The van der Waals surface area contributed by atoms with E-state index >= 15 is 0 Å². The summed E-state index contributed by atoms with van der Waals surface area (Å²) in [7, 11) is 1.79. The number of rotatable bonds is 6. The van der Waals surface area contributed by atoms with Crippen LogP contribution >= 0.6 is 11.6 Å². The van der Waals surface area contributed by atoms with Gasteiger partial charge in [-0.3, -0.25) is 9.78 Å². The maximum Gasteiger partial charge on any atom is 0.257 e. The third-order valence-electron chi connectivity index (χ3n) is 4.92. The number of amides is 1. The van der Waals surface area contributed by atoms with Crippen molar-refractivity contribution in [3.8, 4) is 11.3 Å². The minimum absolute atomic E-state index is 0.167. The summed E-state index contributed by atoms with van der Waals surface area (Å²) >= 11 is 6.25. The SMILES string of the molecule is CCC(C)c1ccc(NC(=O)c2ccc(-c3ncccc3Cl)cc2NC)cc1. The highest BCUT2D eigenvalue weighted by atomic mass is 35.5. The van der Waals surface area contributed by atoms with Gasteiger partial charge in [0.2, 0.25) is 0 Å². The van der Waals surface area contributed by atoms with E-state index in [9.17, 15) is 4.79 Å². The fourth-order valence-electron chi connectivity index (χ4n) is 3.02. The fourth-order valence-corrected chi connectivity index (χ4v) is 3.25. The van der Waals surface area contributed by atoms with Crippen molar-refractivity contribution in [1.29, 1.82) is 0 Å². The number of pyridine rings is 1. The van der Waals surface area contributed by atoms with E-state index in [2.05, 4.69) is 41.6 Å². The van der Waals surface area contributed by atoms with Gasteiger partial charge in [0.1, 0.15) is 0 Å². The minimum atomic E-state index is -0.167. The van der Waals surface area contributed by atoms with Gasteiger partial charge in [-0.05, 0) is 54.3 Å². The summed E-state index contributed by atoms with van der Waals surface area (Å²) in [5.41, 5.74) is 4.86. The number of hydrogen-bond acceptors (Lipinski definition) is 3. The van der Waals surface area contributed by atoms with Gasteiger partial charge < -0.3 is 10.6 Å². The average Bonchev–Trinajstić information content (AvgIpc) is 2.73.